The van der Waals surface area contributed by atoms with Crippen LogP contribution in [0.4, 0.5) is 9.18 Å². The van der Waals surface area contributed by atoms with E-state index in [0.29, 0.717) is 65.1 Å². The van der Waals surface area contributed by atoms with E-state index < -0.39 is 32.0 Å². The van der Waals surface area contributed by atoms with Crippen LogP contribution in [0.2, 0.25) is 30.7 Å². The number of fused-ring (bicyclic) bond motifs is 2. The lowest BCUT2D eigenvalue weighted by atomic mass is 10.0. The van der Waals surface area contributed by atoms with Crippen LogP contribution in [0.15, 0.2) is 48.9 Å². The summed E-state index contributed by atoms with van der Waals surface area (Å²) in [6.07, 6.45) is 3.60. The molecule has 11 nitrogen and oxygen atoms in total. The van der Waals surface area contributed by atoms with Crippen molar-refractivity contribution in [1.82, 2.24) is 34.2 Å². The van der Waals surface area contributed by atoms with E-state index in [1.165, 1.54) is 4.90 Å². The summed E-state index contributed by atoms with van der Waals surface area (Å²) >= 11 is 6.88. The third kappa shape index (κ3) is 8.05. The molecule has 1 aliphatic heterocycles. The summed E-state index contributed by atoms with van der Waals surface area (Å²) in [7, 11) is -1.19. The first-order valence-corrected chi connectivity index (χ1v) is 20.6. The van der Waals surface area contributed by atoms with Gasteiger partial charge in [0.2, 0.25) is 0 Å². The predicted octanol–water partition coefficient (Wildman–Crippen LogP) is 8.43. The normalized spacial score (nSPS) is 17.2. The molecule has 0 N–H and O–H groups in total. The minimum atomic E-state index is -1.31. The van der Waals surface area contributed by atoms with E-state index in [2.05, 4.69) is 34.7 Å². The van der Waals surface area contributed by atoms with E-state index in [9.17, 15) is 4.79 Å². The van der Waals surface area contributed by atoms with E-state index in [4.69, 9.17) is 30.8 Å². The number of ether oxygens (including phenoxy) is 3. The number of imidazole rings is 1. The van der Waals surface area contributed by atoms with E-state index >= 15 is 4.39 Å². The van der Waals surface area contributed by atoms with Gasteiger partial charge in [-0.1, -0.05) is 31.2 Å². The number of hydrogen-bond acceptors (Lipinski definition) is 8. The first kappa shape index (κ1) is 34.8. The monoisotopic (exact) mass is 707 g/mol. The van der Waals surface area contributed by atoms with E-state index in [-0.39, 0.29) is 6.54 Å². The first-order chi connectivity index (χ1) is 23.1. The number of likely N-dealkylation sites (tertiary alicyclic amines) is 1. The molecule has 5 aromatic rings. The van der Waals surface area contributed by atoms with Gasteiger partial charge in [0, 0.05) is 39.1 Å². The van der Waals surface area contributed by atoms with Crippen LogP contribution in [0, 0.1) is 6.92 Å². The zero-order valence-corrected chi connectivity index (χ0v) is 30.8. The molecule has 0 saturated carbocycles. The van der Waals surface area contributed by atoms with Crippen LogP contribution < -0.4 is 4.74 Å². The molecule has 6 rings (SSSR count). The summed E-state index contributed by atoms with van der Waals surface area (Å²) in [4.78, 5) is 27.9. The Balaban J connectivity index is 1.18. The number of amides is 1. The van der Waals surface area contributed by atoms with Gasteiger partial charge in [-0.2, -0.15) is 5.10 Å². The molecule has 0 radical (unpaired) electrons. The summed E-state index contributed by atoms with van der Waals surface area (Å²) < 4.78 is 36.7. The van der Waals surface area contributed by atoms with Gasteiger partial charge in [-0.15, -0.1) is 0 Å². The molecular weight excluding hydrogens is 665 g/mol. The number of piperidine rings is 1. The van der Waals surface area contributed by atoms with Gasteiger partial charge < -0.3 is 23.7 Å². The summed E-state index contributed by atoms with van der Waals surface area (Å²) in [5.74, 6) is 1.89. The molecule has 260 valence electrons. The summed E-state index contributed by atoms with van der Waals surface area (Å²) in [5, 5.41) is 4.76. The second-order valence-corrected chi connectivity index (χ2v) is 20.7. The Bertz CT molecular complexity index is 1990. The molecular formula is C35H43ClFN7O4Si. The van der Waals surface area contributed by atoms with Gasteiger partial charge in [0.05, 0.1) is 47.2 Å². The molecule has 49 heavy (non-hydrogen) atoms. The van der Waals surface area contributed by atoms with Crippen molar-refractivity contribution in [3.05, 3.63) is 59.8 Å². The highest BCUT2D eigenvalue weighted by Gasteiger charge is 2.35. The highest BCUT2D eigenvalue weighted by Crippen LogP contribution is 2.36. The number of halogens is 2. The average Bonchev–Trinajstić information content (AvgIpc) is 3.63. The third-order valence-corrected chi connectivity index (χ3v) is 10.4. The fraction of sp³-hybridized carbons (Fsp3) is 0.457. The molecule has 1 aliphatic rings. The van der Waals surface area contributed by atoms with Crippen molar-refractivity contribution >= 4 is 47.8 Å². The molecule has 0 spiro atoms. The topological polar surface area (TPSA) is 109 Å². The maximum absolute atomic E-state index is 15.3. The number of alkyl halides is 1. The lowest BCUT2D eigenvalue weighted by Gasteiger charge is -2.35. The molecule has 2 aromatic carbocycles. The summed E-state index contributed by atoms with van der Waals surface area (Å²) in [6.45, 7) is 15.8. The number of carbonyl (C=O) groups excluding carboxylic acids is 1. The fourth-order valence-corrected chi connectivity index (χ4v) is 6.69. The predicted molar refractivity (Wildman–Crippen MR) is 191 cm³/mol. The number of carbonyl (C=O) groups is 1. The average molecular weight is 708 g/mol. The standard InChI is InChI=1S/C35H43ClFN7O4Si/c1-22-40-26-9-8-24(16-30(26)43(22)21-46-14-15-49(5,6)7)47-31-11-10-27-33(32(31)36)41-28(18-38-27)23-17-39-44(19-23)29-12-13-42(20-25(29)37)34(45)48-35(2,3)4/h8-11,16-19,25,29H,12-15,20-21H2,1-7H3/t25-,29-/m0/s1. The highest BCUT2D eigenvalue weighted by molar-refractivity contribution is 6.76. The van der Waals surface area contributed by atoms with Gasteiger partial charge in [0.15, 0.2) is 0 Å². The Morgan fingerprint density at radius 2 is 1.88 bits per heavy atom. The third-order valence-electron chi connectivity index (χ3n) is 8.37. The fourth-order valence-electron chi connectivity index (χ4n) is 5.69. The molecule has 4 heterocycles. The van der Waals surface area contributed by atoms with Gasteiger partial charge in [0.1, 0.15) is 46.4 Å². The molecule has 1 amide bonds. The molecule has 1 saturated heterocycles. The molecule has 14 heteroatoms. The van der Waals surface area contributed by atoms with Crippen molar-refractivity contribution in [3.8, 4) is 22.8 Å². The van der Waals surface area contributed by atoms with Crippen LogP contribution in [-0.4, -0.2) is 79.8 Å². The smallest absolute Gasteiger partial charge is 0.410 e. The van der Waals surface area contributed by atoms with Crippen LogP contribution in [0.3, 0.4) is 0 Å². The lowest BCUT2D eigenvalue weighted by molar-refractivity contribution is 0.00576. The Kier molecular flexibility index (Phi) is 9.71. The molecule has 2 atom stereocenters. The van der Waals surface area contributed by atoms with Gasteiger partial charge >= 0.3 is 6.09 Å². The minimum Gasteiger partial charge on any atom is -0.456 e. The van der Waals surface area contributed by atoms with Crippen molar-refractivity contribution in [1.29, 1.82) is 0 Å². The molecule has 0 bridgehead atoms. The van der Waals surface area contributed by atoms with Crippen molar-refractivity contribution in [2.75, 3.05) is 19.7 Å². The second kappa shape index (κ2) is 13.7. The molecule has 1 fully saturated rings. The van der Waals surface area contributed by atoms with Crippen LogP contribution >= 0.6 is 11.6 Å². The lowest BCUT2D eigenvalue weighted by Crippen LogP contribution is -2.47. The van der Waals surface area contributed by atoms with Crippen LogP contribution in [0.5, 0.6) is 11.5 Å². The maximum atomic E-state index is 15.3. The molecule has 0 aliphatic carbocycles. The molecule has 0 unspecified atom stereocenters. The van der Waals surface area contributed by atoms with E-state index in [1.807, 2.05) is 35.8 Å². The maximum Gasteiger partial charge on any atom is 0.410 e. The van der Waals surface area contributed by atoms with Crippen molar-refractivity contribution in [2.24, 2.45) is 0 Å². The SMILES string of the molecule is Cc1nc2ccc(Oc3ccc4ncc(-c5cnn([C@H]6CCN(C(=O)OC(C)(C)C)C[C@@H]6F)c5)nc4c3Cl)cc2n1COCC[Si](C)(C)C. The Morgan fingerprint density at radius 1 is 1.10 bits per heavy atom. The highest BCUT2D eigenvalue weighted by atomic mass is 35.5. The molecule has 3 aromatic heterocycles. The van der Waals surface area contributed by atoms with E-state index in [0.717, 1.165) is 22.9 Å². The number of aryl methyl sites for hydroxylation is 1. The van der Waals surface area contributed by atoms with Crippen LogP contribution in [0.25, 0.3) is 33.3 Å². The largest absolute Gasteiger partial charge is 0.456 e. The van der Waals surface area contributed by atoms with Gasteiger partial charge in [0.25, 0.3) is 0 Å². The van der Waals surface area contributed by atoms with Gasteiger partial charge in [-0.3, -0.25) is 9.67 Å². The zero-order valence-electron chi connectivity index (χ0n) is 29.0. The number of hydrogen-bond donors (Lipinski definition) is 0. The number of benzene rings is 2. The van der Waals surface area contributed by atoms with E-state index in [1.54, 1.807) is 50.1 Å². The second-order valence-electron chi connectivity index (χ2n) is 14.7. The number of rotatable bonds is 9. The van der Waals surface area contributed by atoms with Crippen molar-refractivity contribution in [3.63, 3.8) is 0 Å². The quantitative estimate of drug-likeness (QED) is 0.111. The van der Waals surface area contributed by atoms with Gasteiger partial charge in [-0.25, -0.2) is 19.2 Å². The Labute approximate surface area is 291 Å². The Hall–Kier alpha value is -4.07. The van der Waals surface area contributed by atoms with Crippen molar-refractivity contribution in [2.45, 2.75) is 84.3 Å². The Morgan fingerprint density at radius 3 is 2.61 bits per heavy atom. The summed E-state index contributed by atoms with van der Waals surface area (Å²) in [5.41, 5.74) is 3.39. The minimum absolute atomic E-state index is 0.0652. The van der Waals surface area contributed by atoms with Crippen molar-refractivity contribution < 1.29 is 23.4 Å². The van der Waals surface area contributed by atoms with Crippen LogP contribution in [-0.2, 0) is 16.2 Å². The first-order valence-electron chi connectivity index (χ1n) is 16.5. The zero-order chi connectivity index (χ0) is 35.1. The van der Waals surface area contributed by atoms with Crippen LogP contribution in [0.1, 0.15) is 39.1 Å². The number of aromatic nitrogens is 6. The number of nitrogens with zero attached hydrogens (tertiary/aromatic N) is 7. The van der Waals surface area contributed by atoms with Gasteiger partial charge in [-0.05, 0) is 64.4 Å². The summed E-state index contributed by atoms with van der Waals surface area (Å²) in [6, 6.07) is 9.86.